The lowest BCUT2D eigenvalue weighted by Gasteiger charge is -2.19. The number of hydrogen-bond acceptors (Lipinski definition) is 5. The highest BCUT2D eigenvalue weighted by atomic mass is 16.5. The number of para-hydroxylation sites is 2. The zero-order valence-electron chi connectivity index (χ0n) is 16.7. The second-order valence-corrected chi connectivity index (χ2v) is 6.94. The van der Waals surface area contributed by atoms with Gasteiger partial charge in [-0.05, 0) is 38.1 Å². The van der Waals surface area contributed by atoms with Crippen LogP contribution in [-0.2, 0) is 9.53 Å². The van der Waals surface area contributed by atoms with Crippen LogP contribution in [0.1, 0.15) is 29.0 Å². The predicted molar refractivity (Wildman–Crippen MR) is 113 cm³/mol. The molecule has 2 aromatic heterocycles. The molecular formula is C22H20N4O4. The lowest BCUT2D eigenvalue weighted by Crippen LogP contribution is -2.28. The van der Waals surface area contributed by atoms with E-state index in [9.17, 15) is 14.4 Å². The van der Waals surface area contributed by atoms with Crippen molar-refractivity contribution in [1.29, 1.82) is 0 Å². The van der Waals surface area contributed by atoms with Crippen molar-refractivity contribution in [3.8, 4) is 0 Å². The van der Waals surface area contributed by atoms with Crippen molar-refractivity contribution >= 4 is 34.1 Å². The second kappa shape index (κ2) is 7.47. The van der Waals surface area contributed by atoms with Crippen LogP contribution >= 0.6 is 0 Å². The molecule has 1 atom stereocenters. The van der Waals surface area contributed by atoms with Crippen LogP contribution < -0.4 is 10.9 Å². The van der Waals surface area contributed by atoms with Gasteiger partial charge in [-0.2, -0.15) is 4.98 Å². The van der Waals surface area contributed by atoms with Crippen LogP contribution in [0.15, 0.2) is 59.4 Å². The smallest absolute Gasteiger partial charge is 0.339 e. The summed E-state index contributed by atoms with van der Waals surface area (Å²) < 4.78 is 8.36. The molecule has 0 aliphatic rings. The monoisotopic (exact) mass is 404 g/mol. The largest absolute Gasteiger partial charge is 0.465 e. The third-order valence-electron chi connectivity index (χ3n) is 5.03. The minimum Gasteiger partial charge on any atom is -0.465 e. The van der Waals surface area contributed by atoms with Gasteiger partial charge in [0, 0.05) is 17.1 Å². The van der Waals surface area contributed by atoms with Crippen LogP contribution in [-0.4, -0.2) is 33.2 Å². The van der Waals surface area contributed by atoms with Gasteiger partial charge in [0.2, 0.25) is 5.91 Å². The fourth-order valence-corrected chi connectivity index (χ4v) is 3.62. The van der Waals surface area contributed by atoms with Gasteiger partial charge >= 0.3 is 5.97 Å². The molecule has 2 aromatic carbocycles. The molecule has 0 aliphatic carbocycles. The van der Waals surface area contributed by atoms with E-state index in [1.54, 1.807) is 47.3 Å². The van der Waals surface area contributed by atoms with E-state index in [-0.39, 0.29) is 17.0 Å². The Hall–Kier alpha value is -3.94. The van der Waals surface area contributed by atoms with E-state index in [4.69, 9.17) is 4.74 Å². The first-order valence-electron chi connectivity index (χ1n) is 9.40. The van der Waals surface area contributed by atoms with Gasteiger partial charge in [0.1, 0.15) is 6.04 Å². The maximum absolute atomic E-state index is 13.2. The number of nitrogens with one attached hydrogen (secondary N) is 1. The molecule has 0 saturated heterocycles. The van der Waals surface area contributed by atoms with Gasteiger partial charge in [0.05, 0.1) is 23.9 Å². The molecule has 0 saturated carbocycles. The summed E-state index contributed by atoms with van der Waals surface area (Å²) in [5, 5.41) is 3.59. The summed E-state index contributed by atoms with van der Waals surface area (Å²) in [6.07, 6.45) is 0. The molecule has 30 heavy (non-hydrogen) atoms. The molecule has 1 N–H and O–H groups in total. The number of hydrogen-bond donors (Lipinski definition) is 1. The number of fused-ring (bicyclic) bond motifs is 3. The van der Waals surface area contributed by atoms with E-state index in [1.165, 1.54) is 13.2 Å². The van der Waals surface area contributed by atoms with Crippen LogP contribution in [0.3, 0.4) is 0 Å². The summed E-state index contributed by atoms with van der Waals surface area (Å²) in [5.41, 5.74) is 2.22. The van der Waals surface area contributed by atoms with E-state index in [1.807, 2.05) is 24.3 Å². The van der Waals surface area contributed by atoms with Crippen LogP contribution in [0, 0.1) is 6.92 Å². The first kappa shape index (κ1) is 19.4. The van der Waals surface area contributed by atoms with Crippen molar-refractivity contribution < 1.29 is 14.3 Å². The topological polar surface area (TPSA) is 94.7 Å². The van der Waals surface area contributed by atoms with Crippen molar-refractivity contribution in [1.82, 2.24) is 14.2 Å². The number of carbonyl (C=O) groups excluding carboxylic acids is 2. The number of ether oxygens (including phenoxy) is 1. The maximum Gasteiger partial charge on any atom is 0.339 e. The van der Waals surface area contributed by atoms with E-state index in [0.717, 1.165) is 10.9 Å². The number of esters is 1. The molecule has 0 aliphatic heterocycles. The molecule has 4 aromatic rings. The number of nitrogens with zero attached hydrogens (tertiary/aromatic N) is 3. The number of benzene rings is 2. The van der Waals surface area contributed by atoms with Crippen LogP contribution in [0.4, 0.5) is 5.69 Å². The average Bonchev–Trinajstić information content (AvgIpc) is 3.07. The summed E-state index contributed by atoms with van der Waals surface area (Å²) in [5.74, 6) is -0.861. The molecular weight excluding hydrogens is 384 g/mol. The van der Waals surface area contributed by atoms with Crippen LogP contribution in [0.5, 0.6) is 0 Å². The van der Waals surface area contributed by atoms with Crippen molar-refractivity contribution in [2.75, 3.05) is 12.4 Å². The highest BCUT2D eigenvalue weighted by Gasteiger charge is 2.23. The van der Waals surface area contributed by atoms with Crippen molar-refractivity contribution in [3.05, 3.63) is 76.2 Å². The minimum absolute atomic E-state index is 0.268. The molecule has 0 bridgehead atoms. The number of rotatable bonds is 4. The normalized spacial score (nSPS) is 12.1. The van der Waals surface area contributed by atoms with Crippen molar-refractivity contribution in [3.63, 3.8) is 0 Å². The Balaban J connectivity index is 1.82. The Kier molecular flexibility index (Phi) is 4.83. The number of aromatic nitrogens is 3. The number of anilines is 1. The first-order chi connectivity index (χ1) is 14.4. The highest BCUT2D eigenvalue weighted by Crippen LogP contribution is 2.26. The van der Waals surface area contributed by atoms with Crippen molar-refractivity contribution in [2.45, 2.75) is 19.9 Å². The molecule has 152 valence electrons. The Morgan fingerprint density at radius 2 is 1.80 bits per heavy atom. The lowest BCUT2D eigenvalue weighted by atomic mass is 10.1. The molecule has 1 amide bonds. The van der Waals surface area contributed by atoms with Crippen LogP contribution in [0.2, 0.25) is 0 Å². The predicted octanol–water partition coefficient (Wildman–Crippen LogP) is 2.94. The van der Waals surface area contributed by atoms with Crippen molar-refractivity contribution in [2.24, 2.45) is 0 Å². The quantitative estimate of drug-likeness (QED) is 0.528. The standard InChI is InChI=1S/C22H20N4O4/c1-13-12-19(27)24-20-16-9-5-7-11-18(16)26(25(13)20)14(2)21(28)23-17-10-6-4-8-15(17)22(29)30-3/h4-12,14H,1-3H3,(H,23,28)/t14-/m1/s1. The summed E-state index contributed by atoms with van der Waals surface area (Å²) in [6, 6.07) is 14.9. The molecule has 0 spiro atoms. The highest BCUT2D eigenvalue weighted by molar-refractivity contribution is 6.03. The molecule has 0 unspecified atom stereocenters. The Morgan fingerprint density at radius 1 is 1.10 bits per heavy atom. The summed E-state index contributed by atoms with van der Waals surface area (Å²) in [7, 11) is 1.29. The van der Waals surface area contributed by atoms with Gasteiger partial charge in [-0.1, -0.05) is 24.3 Å². The van der Waals surface area contributed by atoms with Gasteiger partial charge in [-0.15, -0.1) is 0 Å². The van der Waals surface area contributed by atoms with Gasteiger partial charge in [-0.3, -0.25) is 14.3 Å². The Labute approximate surface area is 171 Å². The van der Waals surface area contributed by atoms with E-state index in [0.29, 0.717) is 17.0 Å². The number of carbonyl (C=O) groups is 2. The number of amides is 1. The van der Waals surface area contributed by atoms with E-state index in [2.05, 4.69) is 10.3 Å². The van der Waals surface area contributed by atoms with E-state index < -0.39 is 12.0 Å². The summed E-state index contributed by atoms with van der Waals surface area (Å²) in [6.45, 7) is 3.54. The maximum atomic E-state index is 13.2. The summed E-state index contributed by atoms with van der Waals surface area (Å²) >= 11 is 0. The molecule has 4 rings (SSSR count). The Morgan fingerprint density at radius 3 is 2.57 bits per heavy atom. The first-order valence-corrected chi connectivity index (χ1v) is 9.40. The molecule has 8 heteroatoms. The molecule has 0 fully saturated rings. The van der Waals surface area contributed by atoms with Crippen LogP contribution in [0.25, 0.3) is 16.6 Å². The Bertz CT molecular complexity index is 1350. The SMILES string of the molecule is COC(=O)c1ccccc1NC(=O)[C@@H](C)n1c2ccccc2c2nc(=O)cc(C)n21. The number of methoxy groups -OCH3 is 1. The van der Waals surface area contributed by atoms with Gasteiger partial charge in [0.15, 0.2) is 5.65 Å². The zero-order valence-corrected chi connectivity index (χ0v) is 16.7. The van der Waals surface area contributed by atoms with E-state index >= 15 is 0 Å². The fourth-order valence-electron chi connectivity index (χ4n) is 3.62. The molecule has 8 nitrogen and oxygen atoms in total. The number of aryl methyl sites for hydroxylation is 1. The zero-order chi connectivity index (χ0) is 21.4. The molecule has 0 radical (unpaired) electrons. The third-order valence-corrected chi connectivity index (χ3v) is 5.03. The fraction of sp³-hybridized carbons (Fsp3) is 0.182. The lowest BCUT2D eigenvalue weighted by molar-refractivity contribution is -0.119. The average molecular weight is 404 g/mol. The molecule has 2 heterocycles. The van der Waals surface area contributed by atoms with Gasteiger partial charge in [0.25, 0.3) is 5.56 Å². The minimum atomic E-state index is -0.666. The van der Waals surface area contributed by atoms with Gasteiger partial charge < -0.3 is 10.1 Å². The summed E-state index contributed by atoms with van der Waals surface area (Å²) in [4.78, 5) is 41.3. The second-order valence-electron chi connectivity index (χ2n) is 6.94. The van der Waals surface area contributed by atoms with Gasteiger partial charge in [-0.25, -0.2) is 9.31 Å². The third kappa shape index (κ3) is 3.12.